The smallest absolute Gasteiger partial charge is 0.150 e. The maximum Gasteiger partial charge on any atom is 0.150 e. The highest BCUT2D eigenvalue weighted by molar-refractivity contribution is 5.50. The molecule has 7 heteroatoms. The Hall–Kier alpha value is -3.03. The van der Waals surface area contributed by atoms with Gasteiger partial charge in [-0.1, -0.05) is 18.2 Å². The third-order valence-corrected chi connectivity index (χ3v) is 4.91. The van der Waals surface area contributed by atoms with Crippen LogP contribution in [0.1, 0.15) is 22.9 Å². The van der Waals surface area contributed by atoms with Gasteiger partial charge in [-0.15, -0.1) is 0 Å². The largest absolute Gasteiger partial charge is 0.496 e. The number of nitrogens with one attached hydrogen (secondary N) is 1. The van der Waals surface area contributed by atoms with E-state index in [0.717, 1.165) is 36.9 Å². The van der Waals surface area contributed by atoms with Crippen molar-refractivity contribution >= 4 is 11.6 Å². The average Bonchev–Trinajstić information content (AvgIpc) is 2.76. The standard InChI is InChI=1S/C22H25N5O2/c1-16-6-7-17(19(12-16)28-2)14-27-10-11-29-20(15-27)18-4-3-5-21(25-18)26-22-13-23-8-9-24-22/h3-9,12-13,20H,10-11,14-15H2,1-2H3,(H,24,25,26)/t20-/m0/s1. The first-order valence-electron chi connectivity index (χ1n) is 9.69. The molecule has 1 saturated heterocycles. The van der Waals surface area contributed by atoms with Crippen molar-refractivity contribution in [2.75, 3.05) is 32.1 Å². The summed E-state index contributed by atoms with van der Waals surface area (Å²) in [5, 5.41) is 3.18. The summed E-state index contributed by atoms with van der Waals surface area (Å²) in [6.45, 7) is 5.22. The van der Waals surface area contributed by atoms with Gasteiger partial charge in [-0.2, -0.15) is 0 Å². The van der Waals surface area contributed by atoms with E-state index in [4.69, 9.17) is 14.5 Å². The Balaban J connectivity index is 1.45. The van der Waals surface area contributed by atoms with Crippen molar-refractivity contribution < 1.29 is 9.47 Å². The number of benzene rings is 1. The van der Waals surface area contributed by atoms with Gasteiger partial charge in [-0.25, -0.2) is 9.97 Å². The zero-order chi connectivity index (χ0) is 20.1. The molecule has 0 radical (unpaired) electrons. The number of morpholine rings is 1. The molecular formula is C22H25N5O2. The molecule has 1 aromatic carbocycles. The summed E-state index contributed by atoms with van der Waals surface area (Å²) in [5.41, 5.74) is 3.28. The SMILES string of the molecule is COc1cc(C)ccc1CN1CCO[C@H](c2cccc(Nc3cnccn3)n2)C1. The number of methoxy groups -OCH3 is 1. The molecule has 1 aliphatic heterocycles. The van der Waals surface area contributed by atoms with Crippen LogP contribution in [0, 0.1) is 6.92 Å². The molecule has 4 rings (SSSR count). The van der Waals surface area contributed by atoms with Crippen LogP contribution in [-0.4, -0.2) is 46.7 Å². The quantitative estimate of drug-likeness (QED) is 0.689. The number of rotatable bonds is 6. The number of hydrogen-bond donors (Lipinski definition) is 1. The van der Waals surface area contributed by atoms with Crippen molar-refractivity contribution in [1.82, 2.24) is 19.9 Å². The minimum atomic E-state index is -0.0798. The number of nitrogens with zero attached hydrogens (tertiary/aromatic N) is 4. The van der Waals surface area contributed by atoms with Crippen molar-refractivity contribution in [3.05, 3.63) is 71.8 Å². The summed E-state index contributed by atoms with van der Waals surface area (Å²) in [6.07, 6.45) is 4.88. The van der Waals surface area contributed by atoms with Crippen LogP contribution < -0.4 is 10.1 Å². The molecule has 7 nitrogen and oxygen atoms in total. The van der Waals surface area contributed by atoms with Crippen LogP contribution in [0.3, 0.4) is 0 Å². The van der Waals surface area contributed by atoms with Crippen LogP contribution in [0.5, 0.6) is 5.75 Å². The van der Waals surface area contributed by atoms with Crippen molar-refractivity contribution in [1.29, 1.82) is 0 Å². The van der Waals surface area contributed by atoms with Gasteiger partial charge in [-0.05, 0) is 30.7 Å². The van der Waals surface area contributed by atoms with Gasteiger partial charge in [0.05, 0.1) is 25.6 Å². The molecular weight excluding hydrogens is 366 g/mol. The molecule has 29 heavy (non-hydrogen) atoms. The maximum absolute atomic E-state index is 6.02. The predicted octanol–water partition coefficient (Wildman–Crippen LogP) is 3.51. The van der Waals surface area contributed by atoms with Gasteiger partial charge >= 0.3 is 0 Å². The number of ether oxygens (including phenoxy) is 2. The summed E-state index contributed by atoms with van der Waals surface area (Å²) >= 11 is 0. The highest BCUT2D eigenvalue weighted by atomic mass is 16.5. The molecule has 0 unspecified atom stereocenters. The summed E-state index contributed by atoms with van der Waals surface area (Å²) < 4.78 is 11.6. The van der Waals surface area contributed by atoms with Crippen molar-refractivity contribution in [3.8, 4) is 5.75 Å². The number of anilines is 2. The Morgan fingerprint density at radius 1 is 1.21 bits per heavy atom. The van der Waals surface area contributed by atoms with Crippen molar-refractivity contribution in [2.45, 2.75) is 19.6 Å². The summed E-state index contributed by atoms with van der Waals surface area (Å²) in [4.78, 5) is 15.4. The fourth-order valence-corrected chi connectivity index (χ4v) is 3.44. The van der Waals surface area contributed by atoms with E-state index in [1.807, 2.05) is 18.2 Å². The van der Waals surface area contributed by atoms with Crippen molar-refractivity contribution in [2.24, 2.45) is 0 Å². The Morgan fingerprint density at radius 2 is 2.14 bits per heavy atom. The summed E-state index contributed by atoms with van der Waals surface area (Å²) in [6, 6.07) is 12.2. The first kappa shape index (κ1) is 19.3. The van der Waals surface area contributed by atoms with Crippen molar-refractivity contribution in [3.63, 3.8) is 0 Å². The highest BCUT2D eigenvalue weighted by Gasteiger charge is 2.24. The van der Waals surface area contributed by atoms with Gasteiger partial charge in [0.25, 0.3) is 0 Å². The Bertz CT molecular complexity index is 951. The van der Waals surface area contributed by atoms with Crippen LogP contribution in [0.4, 0.5) is 11.6 Å². The number of aromatic nitrogens is 3. The lowest BCUT2D eigenvalue weighted by atomic mass is 10.1. The average molecular weight is 391 g/mol. The normalized spacial score (nSPS) is 17.1. The first-order chi connectivity index (χ1) is 14.2. The first-order valence-corrected chi connectivity index (χ1v) is 9.69. The monoisotopic (exact) mass is 391 g/mol. The van der Waals surface area contributed by atoms with E-state index in [-0.39, 0.29) is 6.10 Å². The molecule has 1 aliphatic rings. The zero-order valence-corrected chi connectivity index (χ0v) is 16.7. The minimum Gasteiger partial charge on any atom is -0.496 e. The molecule has 0 saturated carbocycles. The second-order valence-corrected chi connectivity index (χ2v) is 7.07. The van der Waals surface area contributed by atoms with Crippen LogP contribution in [0.15, 0.2) is 55.0 Å². The minimum absolute atomic E-state index is 0.0798. The molecule has 1 atom stereocenters. The zero-order valence-electron chi connectivity index (χ0n) is 16.7. The molecule has 3 aromatic rings. The van der Waals surface area contributed by atoms with E-state index in [1.54, 1.807) is 25.7 Å². The topological polar surface area (TPSA) is 72.4 Å². The van der Waals surface area contributed by atoms with Gasteiger partial charge in [0.2, 0.25) is 0 Å². The summed E-state index contributed by atoms with van der Waals surface area (Å²) in [5.74, 6) is 2.32. The Labute approximate surface area is 170 Å². The van der Waals surface area contributed by atoms with Gasteiger partial charge < -0.3 is 14.8 Å². The van der Waals surface area contributed by atoms with Gasteiger partial charge in [0.1, 0.15) is 23.5 Å². The second-order valence-electron chi connectivity index (χ2n) is 7.07. The number of aryl methyl sites for hydroxylation is 1. The predicted molar refractivity (Wildman–Crippen MR) is 111 cm³/mol. The fourth-order valence-electron chi connectivity index (χ4n) is 3.44. The van der Waals surface area contributed by atoms with E-state index < -0.39 is 0 Å². The second kappa shape index (κ2) is 8.98. The van der Waals surface area contributed by atoms with E-state index in [9.17, 15) is 0 Å². The molecule has 1 N–H and O–H groups in total. The number of pyridine rings is 1. The molecule has 150 valence electrons. The van der Waals surface area contributed by atoms with Crippen LogP contribution in [0.2, 0.25) is 0 Å². The molecule has 1 fully saturated rings. The molecule has 0 aliphatic carbocycles. The van der Waals surface area contributed by atoms with Crippen LogP contribution >= 0.6 is 0 Å². The van der Waals surface area contributed by atoms with Gasteiger partial charge in [0.15, 0.2) is 0 Å². The lowest BCUT2D eigenvalue weighted by Gasteiger charge is -2.33. The lowest BCUT2D eigenvalue weighted by molar-refractivity contribution is -0.0350. The molecule has 3 heterocycles. The molecule has 0 amide bonds. The van der Waals surface area contributed by atoms with E-state index in [0.29, 0.717) is 12.4 Å². The van der Waals surface area contributed by atoms with E-state index in [1.165, 1.54) is 11.1 Å². The third-order valence-electron chi connectivity index (χ3n) is 4.91. The third kappa shape index (κ3) is 4.88. The van der Waals surface area contributed by atoms with Gasteiger partial charge in [0, 0.05) is 37.6 Å². The Morgan fingerprint density at radius 3 is 2.97 bits per heavy atom. The molecule has 0 bridgehead atoms. The fraction of sp³-hybridized carbons (Fsp3) is 0.318. The maximum atomic E-state index is 6.02. The van der Waals surface area contributed by atoms with Crippen LogP contribution in [0.25, 0.3) is 0 Å². The highest BCUT2D eigenvalue weighted by Crippen LogP contribution is 2.26. The van der Waals surface area contributed by atoms with Gasteiger partial charge in [-0.3, -0.25) is 9.88 Å². The van der Waals surface area contributed by atoms with E-state index in [2.05, 4.69) is 45.3 Å². The number of hydrogen-bond acceptors (Lipinski definition) is 7. The van der Waals surface area contributed by atoms with E-state index >= 15 is 0 Å². The van der Waals surface area contributed by atoms with Crippen LogP contribution in [-0.2, 0) is 11.3 Å². The lowest BCUT2D eigenvalue weighted by Crippen LogP contribution is -2.38. The molecule has 2 aromatic heterocycles. The Kier molecular flexibility index (Phi) is 5.97. The molecule has 0 spiro atoms. The summed E-state index contributed by atoms with van der Waals surface area (Å²) in [7, 11) is 1.72.